The maximum absolute atomic E-state index is 12.5. The molecule has 1 amide bonds. The number of halogens is 1. The standard InChI is InChI=1S/C19H15IN2O3/c20-15-7-3-1-5-12(15)10-17(19(24)25)22-18(23)14-9-13-6-2-4-8-16(13)21-11-14/h1-9,11,17H,10H2,(H,22,23)(H,24,25)/t17-/m1/s1. The van der Waals surface area contributed by atoms with E-state index in [1.807, 2.05) is 48.5 Å². The molecule has 2 aromatic carbocycles. The minimum atomic E-state index is -1.07. The smallest absolute Gasteiger partial charge is 0.326 e. The minimum absolute atomic E-state index is 0.223. The Kier molecular flexibility index (Phi) is 5.28. The second-order valence-electron chi connectivity index (χ2n) is 5.58. The van der Waals surface area contributed by atoms with Crippen LogP contribution in [0.25, 0.3) is 10.9 Å². The van der Waals surface area contributed by atoms with Crippen LogP contribution in [0.2, 0.25) is 0 Å². The number of hydrogen-bond acceptors (Lipinski definition) is 3. The molecule has 2 N–H and O–H groups in total. The van der Waals surface area contributed by atoms with Gasteiger partial charge in [0.1, 0.15) is 6.04 Å². The second-order valence-corrected chi connectivity index (χ2v) is 6.74. The Hall–Kier alpha value is -2.48. The third-order valence-electron chi connectivity index (χ3n) is 3.84. The lowest BCUT2D eigenvalue weighted by molar-refractivity contribution is -0.139. The molecule has 0 fully saturated rings. The number of amides is 1. The Bertz CT molecular complexity index is 943. The van der Waals surface area contributed by atoms with E-state index in [2.05, 4.69) is 32.9 Å². The summed E-state index contributed by atoms with van der Waals surface area (Å²) in [6.45, 7) is 0. The molecule has 0 unspecified atom stereocenters. The van der Waals surface area contributed by atoms with E-state index in [0.29, 0.717) is 5.56 Å². The number of aromatic nitrogens is 1. The molecule has 3 rings (SSSR count). The fourth-order valence-electron chi connectivity index (χ4n) is 2.52. The van der Waals surface area contributed by atoms with Crippen molar-refractivity contribution in [2.75, 3.05) is 0 Å². The molecule has 0 aliphatic heterocycles. The topological polar surface area (TPSA) is 79.3 Å². The van der Waals surface area contributed by atoms with E-state index in [9.17, 15) is 14.7 Å². The average Bonchev–Trinajstić information content (AvgIpc) is 2.62. The Morgan fingerprint density at radius 2 is 1.84 bits per heavy atom. The van der Waals surface area contributed by atoms with Crippen LogP contribution < -0.4 is 5.32 Å². The van der Waals surface area contributed by atoms with Crippen LogP contribution in [0, 0.1) is 3.57 Å². The quantitative estimate of drug-likeness (QED) is 0.590. The zero-order chi connectivity index (χ0) is 17.8. The van der Waals surface area contributed by atoms with Gasteiger partial charge in [-0.2, -0.15) is 0 Å². The highest BCUT2D eigenvalue weighted by Gasteiger charge is 2.22. The number of benzene rings is 2. The van der Waals surface area contributed by atoms with Gasteiger partial charge in [-0.1, -0.05) is 36.4 Å². The first-order valence-electron chi connectivity index (χ1n) is 7.66. The number of rotatable bonds is 5. The summed E-state index contributed by atoms with van der Waals surface area (Å²) in [7, 11) is 0. The number of carboxylic acids is 1. The van der Waals surface area contributed by atoms with Crippen LogP contribution in [-0.2, 0) is 11.2 Å². The molecule has 6 heteroatoms. The van der Waals surface area contributed by atoms with Gasteiger partial charge in [-0.25, -0.2) is 4.79 Å². The van der Waals surface area contributed by atoms with E-state index in [0.717, 1.165) is 20.0 Å². The maximum atomic E-state index is 12.5. The summed E-state index contributed by atoms with van der Waals surface area (Å²) in [6, 6.07) is 15.7. The van der Waals surface area contributed by atoms with Crippen LogP contribution >= 0.6 is 22.6 Å². The Morgan fingerprint density at radius 1 is 1.12 bits per heavy atom. The van der Waals surface area contributed by atoms with E-state index < -0.39 is 17.9 Å². The molecular weight excluding hydrogens is 431 g/mol. The highest BCUT2D eigenvalue weighted by molar-refractivity contribution is 14.1. The van der Waals surface area contributed by atoms with Gasteiger partial charge in [-0.15, -0.1) is 0 Å². The van der Waals surface area contributed by atoms with Gasteiger partial charge in [0.2, 0.25) is 0 Å². The van der Waals surface area contributed by atoms with Gasteiger partial charge in [0.15, 0.2) is 0 Å². The first-order chi connectivity index (χ1) is 12.0. The number of carbonyl (C=O) groups is 2. The lowest BCUT2D eigenvalue weighted by Crippen LogP contribution is -2.42. The number of hydrogen-bond donors (Lipinski definition) is 2. The molecule has 3 aromatic rings. The van der Waals surface area contributed by atoms with Crippen molar-refractivity contribution in [2.24, 2.45) is 0 Å². The summed E-state index contributed by atoms with van der Waals surface area (Å²) in [5.41, 5.74) is 2.01. The van der Waals surface area contributed by atoms with Gasteiger partial charge in [0.05, 0.1) is 11.1 Å². The van der Waals surface area contributed by atoms with E-state index in [1.54, 1.807) is 6.07 Å². The summed E-state index contributed by atoms with van der Waals surface area (Å²) in [6.07, 6.45) is 1.68. The third kappa shape index (κ3) is 4.14. The zero-order valence-corrected chi connectivity index (χ0v) is 15.3. The molecule has 0 radical (unpaired) electrons. The Balaban J connectivity index is 1.80. The van der Waals surface area contributed by atoms with Crippen LogP contribution in [0.1, 0.15) is 15.9 Å². The summed E-state index contributed by atoms with van der Waals surface area (Å²) in [4.78, 5) is 28.3. The molecule has 0 saturated heterocycles. The Labute approximate surface area is 158 Å². The number of para-hydroxylation sites is 1. The molecule has 0 aliphatic carbocycles. The van der Waals surface area contributed by atoms with Gasteiger partial charge in [-0.05, 0) is 46.4 Å². The van der Waals surface area contributed by atoms with Crippen LogP contribution in [-0.4, -0.2) is 28.0 Å². The molecule has 1 atom stereocenters. The van der Waals surface area contributed by atoms with Crippen LogP contribution in [0.4, 0.5) is 0 Å². The number of pyridine rings is 1. The summed E-state index contributed by atoms with van der Waals surface area (Å²) < 4.78 is 0.966. The van der Waals surface area contributed by atoms with E-state index in [1.165, 1.54) is 6.20 Å². The number of fused-ring (bicyclic) bond motifs is 1. The van der Waals surface area contributed by atoms with E-state index >= 15 is 0 Å². The molecule has 1 heterocycles. The summed E-state index contributed by atoms with van der Waals surface area (Å²) in [5, 5.41) is 12.9. The summed E-state index contributed by atoms with van der Waals surface area (Å²) >= 11 is 2.16. The first-order valence-corrected chi connectivity index (χ1v) is 8.74. The molecular formula is C19H15IN2O3. The van der Waals surface area contributed by atoms with Crippen molar-refractivity contribution < 1.29 is 14.7 Å². The van der Waals surface area contributed by atoms with Crippen LogP contribution in [0.3, 0.4) is 0 Å². The lowest BCUT2D eigenvalue weighted by Gasteiger charge is -2.15. The molecule has 1 aromatic heterocycles. The van der Waals surface area contributed by atoms with Crippen LogP contribution in [0.15, 0.2) is 60.8 Å². The number of carboxylic acid groups (broad SMARTS) is 1. The van der Waals surface area contributed by atoms with E-state index in [4.69, 9.17) is 0 Å². The van der Waals surface area contributed by atoms with Crippen molar-refractivity contribution in [1.82, 2.24) is 10.3 Å². The number of nitrogens with zero attached hydrogens (tertiary/aromatic N) is 1. The number of aliphatic carboxylic acids is 1. The first kappa shape index (κ1) is 17.3. The molecule has 25 heavy (non-hydrogen) atoms. The predicted octanol–water partition coefficient (Wildman–Crippen LogP) is 3.27. The molecule has 126 valence electrons. The highest BCUT2D eigenvalue weighted by Crippen LogP contribution is 2.15. The fraction of sp³-hybridized carbons (Fsp3) is 0.105. The van der Waals surface area contributed by atoms with Crippen molar-refractivity contribution in [3.63, 3.8) is 0 Å². The van der Waals surface area contributed by atoms with Crippen molar-refractivity contribution in [2.45, 2.75) is 12.5 Å². The second kappa shape index (κ2) is 7.60. The predicted molar refractivity (Wildman–Crippen MR) is 103 cm³/mol. The molecule has 5 nitrogen and oxygen atoms in total. The minimum Gasteiger partial charge on any atom is -0.480 e. The van der Waals surface area contributed by atoms with Gasteiger partial charge in [0.25, 0.3) is 5.91 Å². The van der Waals surface area contributed by atoms with Crippen molar-refractivity contribution in [1.29, 1.82) is 0 Å². The molecule has 0 aliphatic rings. The average molecular weight is 446 g/mol. The monoisotopic (exact) mass is 446 g/mol. The summed E-state index contributed by atoms with van der Waals surface area (Å²) in [5.74, 6) is -1.52. The van der Waals surface area contributed by atoms with Crippen LogP contribution in [0.5, 0.6) is 0 Å². The van der Waals surface area contributed by atoms with Crippen molar-refractivity contribution in [3.8, 4) is 0 Å². The normalized spacial score (nSPS) is 11.9. The van der Waals surface area contributed by atoms with Gasteiger partial charge >= 0.3 is 5.97 Å². The number of carbonyl (C=O) groups excluding carboxylic acids is 1. The largest absolute Gasteiger partial charge is 0.480 e. The SMILES string of the molecule is O=C(N[C@H](Cc1ccccc1I)C(=O)O)c1cnc2ccccc2c1. The molecule has 0 saturated carbocycles. The highest BCUT2D eigenvalue weighted by atomic mass is 127. The van der Waals surface area contributed by atoms with E-state index in [-0.39, 0.29) is 6.42 Å². The fourth-order valence-corrected chi connectivity index (χ4v) is 3.13. The molecule has 0 bridgehead atoms. The van der Waals surface area contributed by atoms with Gasteiger partial charge in [0, 0.05) is 21.6 Å². The lowest BCUT2D eigenvalue weighted by atomic mass is 10.1. The van der Waals surface area contributed by atoms with Gasteiger partial charge < -0.3 is 10.4 Å². The van der Waals surface area contributed by atoms with Crippen molar-refractivity contribution >= 4 is 45.4 Å². The van der Waals surface area contributed by atoms with Gasteiger partial charge in [-0.3, -0.25) is 9.78 Å². The zero-order valence-electron chi connectivity index (χ0n) is 13.1. The van der Waals surface area contributed by atoms with Crippen molar-refractivity contribution in [3.05, 3.63) is 75.5 Å². The number of nitrogens with one attached hydrogen (secondary N) is 1. The third-order valence-corrected chi connectivity index (χ3v) is 4.89. The maximum Gasteiger partial charge on any atom is 0.326 e. The molecule has 0 spiro atoms. The Morgan fingerprint density at radius 3 is 2.60 bits per heavy atom.